The van der Waals surface area contributed by atoms with Gasteiger partial charge in [-0.05, 0) is 49.3 Å². The monoisotopic (exact) mass is 341 g/mol. The Labute approximate surface area is 148 Å². The van der Waals surface area contributed by atoms with Crippen LogP contribution in [0.4, 0.5) is 5.69 Å². The van der Waals surface area contributed by atoms with Crippen LogP contribution in [0.15, 0.2) is 54.6 Å². The van der Waals surface area contributed by atoms with E-state index in [0.29, 0.717) is 5.11 Å². The van der Waals surface area contributed by atoms with Crippen LogP contribution >= 0.6 is 12.2 Å². The van der Waals surface area contributed by atoms with Crippen molar-refractivity contribution in [1.29, 1.82) is 0 Å². The third kappa shape index (κ3) is 4.46. The molecule has 0 amide bonds. The minimum Gasteiger partial charge on any atom is -0.455 e. The van der Waals surface area contributed by atoms with E-state index >= 15 is 0 Å². The maximum atomic E-state index is 6.18. The number of anilines is 1. The first-order chi connectivity index (χ1) is 11.7. The van der Waals surface area contributed by atoms with E-state index in [1.54, 1.807) is 0 Å². The number of nitrogens with two attached hydrogens (primary N) is 1. The van der Waals surface area contributed by atoms with Gasteiger partial charge < -0.3 is 21.1 Å². The number of hydrogen-bond acceptors (Lipinski definition) is 3. The van der Waals surface area contributed by atoms with E-state index in [4.69, 9.17) is 22.7 Å². The summed E-state index contributed by atoms with van der Waals surface area (Å²) < 4.78 is 5.95. The standard InChI is InChI=1S/C19H23N3OS/c20-15-10-4-5-11-16(15)21-19(24)22-17-12-6-7-13-18(17)23-14-8-2-1-3-9-14/h1-3,6-9,12-13,15-16H,4-5,10-11,20H2,(H2,21,22,24). The van der Waals surface area contributed by atoms with Crippen molar-refractivity contribution in [2.75, 3.05) is 5.32 Å². The molecule has 2 aromatic carbocycles. The van der Waals surface area contributed by atoms with Crippen LogP contribution in [0.25, 0.3) is 0 Å². The second kappa shape index (κ2) is 8.13. The quantitative estimate of drug-likeness (QED) is 0.733. The molecule has 1 aliphatic rings. The van der Waals surface area contributed by atoms with Gasteiger partial charge in [-0.1, -0.05) is 43.2 Å². The molecule has 0 radical (unpaired) electrons. The van der Waals surface area contributed by atoms with Crippen LogP contribution in [0.1, 0.15) is 25.7 Å². The Bertz CT molecular complexity index is 677. The molecule has 1 saturated carbocycles. The van der Waals surface area contributed by atoms with Crippen LogP contribution in [-0.2, 0) is 0 Å². The summed E-state index contributed by atoms with van der Waals surface area (Å²) in [6, 6.07) is 17.9. The number of ether oxygens (including phenoxy) is 1. The van der Waals surface area contributed by atoms with E-state index in [-0.39, 0.29) is 12.1 Å². The zero-order chi connectivity index (χ0) is 16.8. The first-order valence-electron chi connectivity index (χ1n) is 8.37. The van der Waals surface area contributed by atoms with Crippen molar-refractivity contribution in [3.63, 3.8) is 0 Å². The Balaban J connectivity index is 1.65. The highest BCUT2D eigenvalue weighted by Gasteiger charge is 2.22. The average Bonchev–Trinajstić information content (AvgIpc) is 2.60. The molecule has 0 saturated heterocycles. The summed E-state index contributed by atoms with van der Waals surface area (Å²) in [6.45, 7) is 0. The summed E-state index contributed by atoms with van der Waals surface area (Å²) >= 11 is 5.46. The molecule has 126 valence electrons. The lowest BCUT2D eigenvalue weighted by molar-refractivity contribution is 0.361. The lowest BCUT2D eigenvalue weighted by Crippen LogP contribution is -2.50. The Morgan fingerprint density at radius 3 is 2.50 bits per heavy atom. The molecule has 0 heterocycles. The first-order valence-corrected chi connectivity index (χ1v) is 8.78. The van der Waals surface area contributed by atoms with Gasteiger partial charge >= 0.3 is 0 Å². The number of para-hydroxylation sites is 3. The predicted molar refractivity (Wildman–Crippen MR) is 103 cm³/mol. The summed E-state index contributed by atoms with van der Waals surface area (Å²) in [6.07, 6.45) is 4.51. The van der Waals surface area contributed by atoms with E-state index in [0.717, 1.165) is 30.0 Å². The van der Waals surface area contributed by atoms with Gasteiger partial charge in [0, 0.05) is 12.1 Å². The number of thiocarbonyl (C=S) groups is 1. The van der Waals surface area contributed by atoms with Gasteiger partial charge in [0.1, 0.15) is 5.75 Å². The van der Waals surface area contributed by atoms with Crippen LogP contribution in [-0.4, -0.2) is 17.2 Å². The minimum atomic E-state index is 0.161. The fourth-order valence-corrected chi connectivity index (χ4v) is 3.20. The molecule has 1 aliphatic carbocycles. The molecule has 2 unspecified atom stereocenters. The lowest BCUT2D eigenvalue weighted by Gasteiger charge is -2.30. The van der Waals surface area contributed by atoms with Gasteiger partial charge in [0.15, 0.2) is 10.9 Å². The summed E-state index contributed by atoms with van der Waals surface area (Å²) in [5, 5.41) is 7.17. The molecule has 2 aromatic rings. The highest BCUT2D eigenvalue weighted by atomic mass is 32.1. The molecule has 3 rings (SSSR count). The number of nitrogens with one attached hydrogen (secondary N) is 2. The highest BCUT2D eigenvalue weighted by molar-refractivity contribution is 7.80. The number of rotatable bonds is 4. The molecule has 24 heavy (non-hydrogen) atoms. The van der Waals surface area contributed by atoms with Gasteiger partial charge in [0.25, 0.3) is 0 Å². The van der Waals surface area contributed by atoms with Crippen molar-refractivity contribution in [3.8, 4) is 11.5 Å². The van der Waals surface area contributed by atoms with Crippen LogP contribution in [0, 0.1) is 0 Å². The summed E-state index contributed by atoms with van der Waals surface area (Å²) in [5.74, 6) is 1.53. The molecular weight excluding hydrogens is 318 g/mol. The zero-order valence-electron chi connectivity index (χ0n) is 13.6. The maximum absolute atomic E-state index is 6.18. The molecule has 0 spiro atoms. The van der Waals surface area contributed by atoms with Crippen LogP contribution < -0.4 is 21.1 Å². The molecule has 4 N–H and O–H groups in total. The van der Waals surface area contributed by atoms with Crippen LogP contribution in [0.3, 0.4) is 0 Å². The molecule has 0 bridgehead atoms. The normalized spacial score (nSPS) is 20.2. The third-order valence-electron chi connectivity index (χ3n) is 4.24. The second-order valence-corrected chi connectivity index (χ2v) is 6.47. The minimum absolute atomic E-state index is 0.161. The van der Waals surface area contributed by atoms with Crippen LogP contribution in [0.2, 0.25) is 0 Å². The van der Waals surface area contributed by atoms with E-state index in [9.17, 15) is 0 Å². The Hall–Kier alpha value is -2.11. The van der Waals surface area contributed by atoms with Gasteiger partial charge in [-0.15, -0.1) is 0 Å². The molecule has 4 nitrogen and oxygen atoms in total. The number of benzene rings is 2. The van der Waals surface area contributed by atoms with Crippen molar-refractivity contribution in [3.05, 3.63) is 54.6 Å². The Morgan fingerprint density at radius 2 is 1.71 bits per heavy atom. The van der Waals surface area contributed by atoms with Gasteiger partial charge in [0.05, 0.1) is 5.69 Å². The van der Waals surface area contributed by atoms with E-state index in [1.165, 1.54) is 12.8 Å². The largest absolute Gasteiger partial charge is 0.455 e. The van der Waals surface area contributed by atoms with Gasteiger partial charge in [0.2, 0.25) is 0 Å². The van der Waals surface area contributed by atoms with Crippen molar-refractivity contribution in [2.45, 2.75) is 37.8 Å². The van der Waals surface area contributed by atoms with Crippen molar-refractivity contribution in [1.82, 2.24) is 5.32 Å². The highest BCUT2D eigenvalue weighted by Crippen LogP contribution is 2.29. The molecule has 0 aromatic heterocycles. The fraction of sp³-hybridized carbons (Fsp3) is 0.316. The Morgan fingerprint density at radius 1 is 1.00 bits per heavy atom. The van der Waals surface area contributed by atoms with Crippen molar-refractivity contribution < 1.29 is 4.74 Å². The van der Waals surface area contributed by atoms with E-state index < -0.39 is 0 Å². The molecular formula is C19H23N3OS. The second-order valence-electron chi connectivity index (χ2n) is 6.06. The molecule has 2 atom stereocenters. The predicted octanol–water partition coefficient (Wildman–Crippen LogP) is 4.04. The van der Waals surface area contributed by atoms with E-state index in [2.05, 4.69) is 10.6 Å². The molecule has 1 fully saturated rings. The zero-order valence-corrected chi connectivity index (χ0v) is 14.4. The summed E-state index contributed by atoms with van der Waals surface area (Å²) in [4.78, 5) is 0. The Kier molecular flexibility index (Phi) is 5.67. The van der Waals surface area contributed by atoms with Crippen molar-refractivity contribution >= 4 is 23.0 Å². The SMILES string of the molecule is NC1CCCCC1NC(=S)Nc1ccccc1Oc1ccccc1. The van der Waals surface area contributed by atoms with Gasteiger partial charge in [-0.25, -0.2) is 0 Å². The van der Waals surface area contributed by atoms with Crippen molar-refractivity contribution in [2.24, 2.45) is 5.73 Å². The van der Waals surface area contributed by atoms with E-state index in [1.807, 2.05) is 54.6 Å². The van der Waals surface area contributed by atoms with Gasteiger partial charge in [-0.2, -0.15) is 0 Å². The van der Waals surface area contributed by atoms with Gasteiger partial charge in [-0.3, -0.25) is 0 Å². The maximum Gasteiger partial charge on any atom is 0.171 e. The third-order valence-corrected chi connectivity index (χ3v) is 4.46. The average molecular weight is 341 g/mol. The lowest BCUT2D eigenvalue weighted by atomic mass is 9.91. The first kappa shape index (κ1) is 16.7. The fourth-order valence-electron chi connectivity index (χ4n) is 2.94. The summed E-state index contributed by atoms with van der Waals surface area (Å²) in [5.41, 5.74) is 7.01. The molecule has 0 aliphatic heterocycles. The molecule has 5 heteroatoms. The smallest absolute Gasteiger partial charge is 0.171 e. The summed E-state index contributed by atoms with van der Waals surface area (Å²) in [7, 11) is 0. The van der Waals surface area contributed by atoms with Crippen LogP contribution in [0.5, 0.6) is 11.5 Å². The topological polar surface area (TPSA) is 59.3 Å². The number of hydrogen-bond donors (Lipinski definition) is 3.